The molecule has 2 aromatic rings. The molecular weight excluding hydrogens is 248 g/mol. The zero-order chi connectivity index (χ0) is 14.2. The van der Waals surface area contributed by atoms with Crippen molar-refractivity contribution < 1.29 is 9.84 Å². The highest BCUT2D eigenvalue weighted by Crippen LogP contribution is 2.51. The van der Waals surface area contributed by atoms with Crippen LogP contribution < -0.4 is 4.74 Å². The minimum Gasteiger partial charge on any atom is -0.482 e. The Morgan fingerprint density at radius 1 is 1.05 bits per heavy atom. The van der Waals surface area contributed by atoms with Crippen molar-refractivity contribution in [1.29, 1.82) is 0 Å². The number of para-hydroxylation sites is 1. The monoisotopic (exact) mass is 268 g/mol. The molecule has 0 unspecified atom stereocenters. The minimum atomic E-state index is -0.952. The standard InChI is InChI=1S/C18H20O2/c1-13(2)12-18(19)15-10-6-7-11-16(15)20-17(18)14-8-4-3-5-9-14/h3-11,13,17,19H,12H2,1-2H3/t17-,18+/m1/s1. The summed E-state index contributed by atoms with van der Waals surface area (Å²) in [5, 5.41) is 11.3. The van der Waals surface area contributed by atoms with Gasteiger partial charge in [0.05, 0.1) is 0 Å². The molecule has 0 amide bonds. The molecular formula is C18H20O2. The third-order valence-electron chi connectivity index (χ3n) is 3.85. The predicted molar refractivity (Wildman–Crippen MR) is 79.6 cm³/mol. The summed E-state index contributed by atoms with van der Waals surface area (Å²) in [6.07, 6.45) is 0.354. The van der Waals surface area contributed by atoms with Crippen LogP contribution in [0.5, 0.6) is 5.75 Å². The second kappa shape index (κ2) is 4.95. The van der Waals surface area contributed by atoms with Crippen LogP contribution in [0.4, 0.5) is 0 Å². The van der Waals surface area contributed by atoms with Gasteiger partial charge in [-0.2, -0.15) is 0 Å². The van der Waals surface area contributed by atoms with Crippen molar-refractivity contribution in [3.8, 4) is 5.75 Å². The fourth-order valence-corrected chi connectivity index (χ4v) is 3.10. The Morgan fingerprint density at radius 2 is 1.70 bits per heavy atom. The van der Waals surface area contributed by atoms with Crippen LogP contribution in [0.1, 0.15) is 37.5 Å². The number of ether oxygens (including phenoxy) is 1. The van der Waals surface area contributed by atoms with Gasteiger partial charge in [0.15, 0.2) is 6.10 Å². The van der Waals surface area contributed by atoms with Crippen molar-refractivity contribution in [2.24, 2.45) is 5.92 Å². The fraction of sp³-hybridized carbons (Fsp3) is 0.333. The van der Waals surface area contributed by atoms with Gasteiger partial charge in [0.25, 0.3) is 0 Å². The highest BCUT2D eigenvalue weighted by atomic mass is 16.5. The van der Waals surface area contributed by atoms with E-state index in [4.69, 9.17) is 4.74 Å². The van der Waals surface area contributed by atoms with Crippen molar-refractivity contribution >= 4 is 0 Å². The Labute approximate surface area is 120 Å². The van der Waals surface area contributed by atoms with Crippen molar-refractivity contribution in [1.82, 2.24) is 0 Å². The summed E-state index contributed by atoms with van der Waals surface area (Å²) in [5.74, 6) is 1.19. The van der Waals surface area contributed by atoms with Gasteiger partial charge in [-0.1, -0.05) is 62.4 Å². The summed E-state index contributed by atoms with van der Waals surface area (Å²) in [5.41, 5.74) is 0.973. The van der Waals surface area contributed by atoms with Crippen LogP contribution in [0.3, 0.4) is 0 Å². The molecule has 1 N–H and O–H groups in total. The number of hydrogen-bond acceptors (Lipinski definition) is 2. The van der Waals surface area contributed by atoms with Crippen LogP contribution >= 0.6 is 0 Å². The van der Waals surface area contributed by atoms with E-state index in [0.29, 0.717) is 12.3 Å². The van der Waals surface area contributed by atoms with Gasteiger partial charge >= 0.3 is 0 Å². The second-order valence-electron chi connectivity index (χ2n) is 5.93. The number of fused-ring (bicyclic) bond motifs is 1. The molecule has 0 spiro atoms. The Hall–Kier alpha value is -1.80. The van der Waals surface area contributed by atoms with Gasteiger partial charge in [0.2, 0.25) is 0 Å². The first-order valence-electron chi connectivity index (χ1n) is 7.15. The molecule has 1 aliphatic heterocycles. The molecule has 2 aromatic carbocycles. The number of benzene rings is 2. The van der Waals surface area contributed by atoms with E-state index in [-0.39, 0.29) is 6.10 Å². The molecule has 104 valence electrons. The van der Waals surface area contributed by atoms with E-state index >= 15 is 0 Å². The molecule has 3 rings (SSSR count). The third-order valence-corrected chi connectivity index (χ3v) is 3.85. The van der Waals surface area contributed by atoms with Crippen LogP contribution in [0.25, 0.3) is 0 Å². The average Bonchev–Trinajstić information content (AvgIpc) is 2.73. The molecule has 0 radical (unpaired) electrons. The van der Waals surface area contributed by atoms with Crippen molar-refractivity contribution in [3.05, 3.63) is 65.7 Å². The maximum absolute atomic E-state index is 11.3. The van der Waals surface area contributed by atoms with E-state index < -0.39 is 5.60 Å². The Bertz CT molecular complexity index is 591. The normalized spacial score (nSPS) is 24.5. The molecule has 20 heavy (non-hydrogen) atoms. The number of aliphatic hydroxyl groups is 1. The van der Waals surface area contributed by atoms with Gasteiger partial charge in [0, 0.05) is 5.56 Å². The lowest BCUT2D eigenvalue weighted by Crippen LogP contribution is -2.33. The lowest BCUT2D eigenvalue weighted by Gasteiger charge is -2.31. The highest BCUT2D eigenvalue weighted by Gasteiger charge is 2.48. The van der Waals surface area contributed by atoms with Crippen LogP contribution in [0.15, 0.2) is 54.6 Å². The average molecular weight is 268 g/mol. The van der Waals surface area contributed by atoms with E-state index in [1.807, 2.05) is 54.6 Å². The molecule has 0 saturated heterocycles. The Morgan fingerprint density at radius 3 is 2.40 bits per heavy atom. The molecule has 0 aromatic heterocycles. The van der Waals surface area contributed by atoms with E-state index in [1.165, 1.54) is 0 Å². The topological polar surface area (TPSA) is 29.5 Å². The van der Waals surface area contributed by atoms with Gasteiger partial charge in [0.1, 0.15) is 11.4 Å². The molecule has 2 heteroatoms. The van der Waals surface area contributed by atoms with Crippen LogP contribution in [-0.4, -0.2) is 5.11 Å². The smallest absolute Gasteiger partial charge is 0.157 e. The van der Waals surface area contributed by atoms with Gasteiger partial charge in [-0.05, 0) is 24.0 Å². The van der Waals surface area contributed by atoms with Crippen molar-refractivity contribution in [3.63, 3.8) is 0 Å². The zero-order valence-electron chi connectivity index (χ0n) is 11.9. The summed E-state index contributed by atoms with van der Waals surface area (Å²) < 4.78 is 6.06. The summed E-state index contributed by atoms with van der Waals surface area (Å²) in [6, 6.07) is 17.8. The van der Waals surface area contributed by atoms with E-state index in [0.717, 1.165) is 16.9 Å². The van der Waals surface area contributed by atoms with E-state index in [9.17, 15) is 5.11 Å². The molecule has 2 nitrogen and oxygen atoms in total. The maximum atomic E-state index is 11.3. The summed E-state index contributed by atoms with van der Waals surface area (Å²) in [6.45, 7) is 4.25. The fourth-order valence-electron chi connectivity index (χ4n) is 3.10. The van der Waals surface area contributed by atoms with Gasteiger partial charge in [-0.25, -0.2) is 0 Å². The molecule has 0 fully saturated rings. The molecule has 2 atom stereocenters. The van der Waals surface area contributed by atoms with Gasteiger partial charge in [-0.15, -0.1) is 0 Å². The molecule has 1 heterocycles. The van der Waals surface area contributed by atoms with Gasteiger partial charge < -0.3 is 9.84 Å². The summed E-state index contributed by atoms with van der Waals surface area (Å²) in [7, 11) is 0. The molecule has 0 saturated carbocycles. The number of rotatable bonds is 3. The SMILES string of the molecule is CC(C)C[C@]1(O)c2ccccc2O[C@@H]1c1ccccc1. The largest absolute Gasteiger partial charge is 0.482 e. The number of hydrogen-bond donors (Lipinski definition) is 1. The van der Waals surface area contributed by atoms with Crippen molar-refractivity contribution in [2.45, 2.75) is 32.0 Å². The maximum Gasteiger partial charge on any atom is 0.157 e. The minimum absolute atomic E-state index is 0.330. The zero-order valence-corrected chi connectivity index (χ0v) is 11.9. The highest BCUT2D eigenvalue weighted by molar-refractivity contribution is 5.45. The second-order valence-corrected chi connectivity index (χ2v) is 5.93. The molecule has 0 bridgehead atoms. The molecule has 0 aliphatic carbocycles. The van der Waals surface area contributed by atoms with Crippen LogP contribution in [0.2, 0.25) is 0 Å². The first kappa shape index (κ1) is 13.2. The summed E-state index contributed by atoms with van der Waals surface area (Å²) >= 11 is 0. The van der Waals surface area contributed by atoms with Crippen LogP contribution in [0, 0.1) is 5.92 Å². The Balaban J connectivity index is 2.08. The van der Waals surface area contributed by atoms with Crippen molar-refractivity contribution in [2.75, 3.05) is 0 Å². The molecule has 1 aliphatic rings. The first-order chi connectivity index (χ1) is 9.61. The lowest BCUT2D eigenvalue weighted by atomic mass is 9.80. The predicted octanol–water partition coefficient (Wildman–Crippen LogP) is 4.05. The van der Waals surface area contributed by atoms with Crippen LogP contribution in [-0.2, 0) is 5.60 Å². The van der Waals surface area contributed by atoms with E-state index in [1.54, 1.807) is 0 Å². The van der Waals surface area contributed by atoms with E-state index in [2.05, 4.69) is 13.8 Å². The Kier molecular flexibility index (Phi) is 3.27. The first-order valence-corrected chi connectivity index (χ1v) is 7.15. The quantitative estimate of drug-likeness (QED) is 0.909. The van der Waals surface area contributed by atoms with Gasteiger partial charge in [-0.3, -0.25) is 0 Å². The summed E-state index contributed by atoms with van der Waals surface area (Å²) in [4.78, 5) is 0. The lowest BCUT2D eigenvalue weighted by molar-refractivity contribution is -0.0569. The third kappa shape index (κ3) is 2.10.